The van der Waals surface area contributed by atoms with Gasteiger partial charge in [-0.3, -0.25) is 4.79 Å². The molecule has 0 bridgehead atoms. The molecule has 0 unspecified atom stereocenters. The first-order chi connectivity index (χ1) is 15.3. The molecule has 2 aromatic carbocycles. The van der Waals surface area contributed by atoms with E-state index in [1.165, 1.54) is 4.31 Å². The number of hydrogen-bond acceptors (Lipinski definition) is 5. The van der Waals surface area contributed by atoms with Gasteiger partial charge in [-0.25, -0.2) is 8.42 Å². The highest BCUT2D eigenvalue weighted by Gasteiger charge is 2.28. The maximum atomic E-state index is 12.7. The van der Waals surface area contributed by atoms with Crippen LogP contribution in [-0.4, -0.2) is 69.4 Å². The van der Waals surface area contributed by atoms with Crippen molar-refractivity contribution >= 4 is 33.2 Å². The minimum atomic E-state index is -3.47. The van der Waals surface area contributed by atoms with Gasteiger partial charge in [0.1, 0.15) is 5.75 Å². The largest absolute Gasteiger partial charge is 0.483 e. The number of halogens is 1. The van der Waals surface area contributed by atoms with Crippen LogP contribution < -0.4 is 9.64 Å². The van der Waals surface area contributed by atoms with Crippen molar-refractivity contribution in [2.45, 2.75) is 24.7 Å². The number of hydrogen-bond donors (Lipinski definition) is 0. The molecule has 0 N–H and O–H groups in total. The number of carbonyl (C=O) groups excluding carboxylic acids is 1. The molecule has 0 saturated carbocycles. The minimum absolute atomic E-state index is 0.0732. The van der Waals surface area contributed by atoms with E-state index in [0.29, 0.717) is 42.5 Å². The van der Waals surface area contributed by atoms with E-state index < -0.39 is 10.0 Å². The van der Waals surface area contributed by atoms with E-state index in [4.69, 9.17) is 16.3 Å². The summed E-state index contributed by atoms with van der Waals surface area (Å²) in [5.74, 6) is 0.445. The Bertz CT molecular complexity index is 1080. The smallest absolute Gasteiger partial charge is 0.260 e. The van der Waals surface area contributed by atoms with Gasteiger partial charge in [0.05, 0.1) is 4.90 Å². The Labute approximate surface area is 194 Å². The van der Waals surface area contributed by atoms with Gasteiger partial charge in [0.2, 0.25) is 10.0 Å². The number of benzene rings is 2. The second kappa shape index (κ2) is 9.68. The van der Waals surface area contributed by atoms with Crippen LogP contribution in [0.15, 0.2) is 47.4 Å². The summed E-state index contributed by atoms with van der Waals surface area (Å²) in [6, 6.07) is 12.5. The number of rotatable bonds is 6. The Morgan fingerprint density at radius 1 is 1.00 bits per heavy atom. The maximum absolute atomic E-state index is 12.7. The molecule has 2 aliphatic rings. The third-order valence-corrected chi connectivity index (χ3v) is 8.14. The number of ether oxygens (including phenoxy) is 1. The Hall–Kier alpha value is -2.29. The maximum Gasteiger partial charge on any atom is 0.260 e. The standard InChI is InChI=1S/C23H28ClN3O4S/c1-18-15-21(32(29,30)27-9-2-3-10-27)7-8-22(18)31-17-23(28)26-13-11-25(12-14-26)20-6-4-5-19(24)16-20/h4-8,15-16H,2-3,9-14,17H2,1H3. The van der Waals surface area contributed by atoms with Crippen molar-refractivity contribution < 1.29 is 17.9 Å². The van der Waals surface area contributed by atoms with E-state index in [9.17, 15) is 13.2 Å². The van der Waals surface area contributed by atoms with E-state index >= 15 is 0 Å². The van der Waals surface area contributed by atoms with Crippen LogP contribution >= 0.6 is 11.6 Å². The van der Waals surface area contributed by atoms with Gasteiger partial charge in [-0.15, -0.1) is 0 Å². The van der Waals surface area contributed by atoms with Crippen LogP contribution in [0.25, 0.3) is 0 Å². The normalized spacial score (nSPS) is 17.6. The number of anilines is 1. The molecular weight excluding hydrogens is 450 g/mol. The van der Waals surface area contributed by atoms with Crippen molar-refractivity contribution in [1.82, 2.24) is 9.21 Å². The van der Waals surface area contributed by atoms with Crippen LogP contribution in [0.4, 0.5) is 5.69 Å². The number of carbonyl (C=O) groups is 1. The number of aryl methyl sites for hydroxylation is 1. The van der Waals surface area contributed by atoms with Crippen LogP contribution in [0.5, 0.6) is 5.75 Å². The molecule has 2 heterocycles. The molecule has 9 heteroatoms. The van der Waals surface area contributed by atoms with Crippen molar-refractivity contribution in [3.8, 4) is 5.75 Å². The lowest BCUT2D eigenvalue weighted by molar-refractivity contribution is -0.133. The van der Waals surface area contributed by atoms with Gasteiger partial charge >= 0.3 is 0 Å². The lowest BCUT2D eigenvalue weighted by Crippen LogP contribution is -2.50. The molecule has 1 amide bonds. The molecule has 0 atom stereocenters. The van der Waals surface area contributed by atoms with Gasteiger partial charge in [-0.1, -0.05) is 17.7 Å². The van der Waals surface area contributed by atoms with Crippen molar-refractivity contribution in [2.75, 3.05) is 50.8 Å². The Balaban J connectivity index is 1.31. The average molecular weight is 478 g/mol. The molecule has 0 aromatic heterocycles. The highest BCUT2D eigenvalue weighted by molar-refractivity contribution is 7.89. The molecule has 2 fully saturated rings. The molecule has 2 aromatic rings. The number of amides is 1. The fourth-order valence-corrected chi connectivity index (χ4v) is 5.93. The van der Waals surface area contributed by atoms with Gasteiger partial charge in [0, 0.05) is 50.0 Å². The van der Waals surface area contributed by atoms with Gasteiger partial charge in [-0.2, -0.15) is 4.31 Å². The first-order valence-corrected chi connectivity index (χ1v) is 12.7. The third kappa shape index (κ3) is 5.03. The highest BCUT2D eigenvalue weighted by atomic mass is 35.5. The van der Waals surface area contributed by atoms with E-state index in [1.807, 2.05) is 24.3 Å². The van der Waals surface area contributed by atoms with Crippen LogP contribution in [-0.2, 0) is 14.8 Å². The van der Waals surface area contributed by atoms with E-state index in [0.717, 1.165) is 31.6 Å². The predicted molar refractivity (Wildman–Crippen MR) is 125 cm³/mol. The summed E-state index contributed by atoms with van der Waals surface area (Å²) in [6.45, 7) is 5.55. The van der Waals surface area contributed by atoms with Crippen LogP contribution in [0.3, 0.4) is 0 Å². The SMILES string of the molecule is Cc1cc(S(=O)(=O)N2CCCC2)ccc1OCC(=O)N1CCN(c2cccc(Cl)c2)CC1. The van der Waals surface area contributed by atoms with Crippen LogP contribution in [0, 0.1) is 6.92 Å². The third-order valence-electron chi connectivity index (χ3n) is 6.01. The quantitative estimate of drug-likeness (QED) is 0.639. The predicted octanol–water partition coefficient (Wildman–Crippen LogP) is 3.16. The summed E-state index contributed by atoms with van der Waals surface area (Å²) in [7, 11) is -3.47. The molecule has 0 radical (unpaired) electrons. The van der Waals surface area contributed by atoms with Gasteiger partial charge in [0.25, 0.3) is 5.91 Å². The second-order valence-corrected chi connectivity index (χ2v) is 10.5. The Morgan fingerprint density at radius 3 is 2.38 bits per heavy atom. The lowest BCUT2D eigenvalue weighted by Gasteiger charge is -2.36. The molecule has 0 spiro atoms. The lowest BCUT2D eigenvalue weighted by atomic mass is 10.2. The molecular formula is C23H28ClN3O4S. The van der Waals surface area contributed by atoms with Crippen molar-refractivity contribution in [3.05, 3.63) is 53.1 Å². The molecule has 0 aliphatic carbocycles. The monoisotopic (exact) mass is 477 g/mol. The summed E-state index contributed by atoms with van der Waals surface area (Å²) in [4.78, 5) is 16.9. The van der Waals surface area contributed by atoms with E-state index in [2.05, 4.69) is 4.90 Å². The molecule has 4 rings (SSSR count). The summed E-state index contributed by atoms with van der Waals surface area (Å²) >= 11 is 6.08. The zero-order valence-corrected chi connectivity index (χ0v) is 19.7. The van der Waals surface area contributed by atoms with Crippen molar-refractivity contribution in [1.29, 1.82) is 0 Å². The van der Waals surface area contributed by atoms with Gasteiger partial charge < -0.3 is 14.5 Å². The minimum Gasteiger partial charge on any atom is -0.483 e. The molecule has 2 saturated heterocycles. The van der Waals surface area contributed by atoms with Crippen LogP contribution in [0.1, 0.15) is 18.4 Å². The number of sulfonamides is 1. The molecule has 2 aliphatic heterocycles. The first-order valence-electron chi connectivity index (χ1n) is 10.9. The van der Waals surface area contributed by atoms with Crippen LogP contribution in [0.2, 0.25) is 5.02 Å². The highest BCUT2D eigenvalue weighted by Crippen LogP contribution is 2.26. The topological polar surface area (TPSA) is 70.2 Å². The summed E-state index contributed by atoms with van der Waals surface area (Å²) in [5, 5.41) is 0.698. The fourth-order valence-electron chi connectivity index (χ4n) is 4.14. The van der Waals surface area contributed by atoms with E-state index in [-0.39, 0.29) is 17.4 Å². The zero-order valence-electron chi connectivity index (χ0n) is 18.2. The summed E-state index contributed by atoms with van der Waals surface area (Å²) in [6.07, 6.45) is 1.80. The van der Waals surface area contributed by atoms with Crippen molar-refractivity contribution in [3.63, 3.8) is 0 Å². The number of nitrogens with zero attached hydrogens (tertiary/aromatic N) is 3. The molecule has 32 heavy (non-hydrogen) atoms. The first kappa shape index (κ1) is 22.9. The van der Waals surface area contributed by atoms with Crippen molar-refractivity contribution in [2.24, 2.45) is 0 Å². The number of piperazine rings is 1. The zero-order chi connectivity index (χ0) is 22.7. The average Bonchev–Trinajstić information content (AvgIpc) is 3.34. The molecule has 172 valence electrons. The van der Waals surface area contributed by atoms with Gasteiger partial charge in [-0.05, 0) is 61.7 Å². The van der Waals surface area contributed by atoms with E-state index in [1.54, 1.807) is 30.0 Å². The molecule has 7 nitrogen and oxygen atoms in total. The van der Waals surface area contributed by atoms with Gasteiger partial charge in [0.15, 0.2) is 6.61 Å². The fraction of sp³-hybridized carbons (Fsp3) is 0.435. The summed E-state index contributed by atoms with van der Waals surface area (Å²) in [5.41, 5.74) is 1.75. The Kier molecular flexibility index (Phi) is 6.93. The Morgan fingerprint density at radius 2 is 1.72 bits per heavy atom. The summed E-state index contributed by atoms with van der Waals surface area (Å²) < 4.78 is 32.7. The second-order valence-electron chi connectivity index (χ2n) is 8.17.